The molecule has 0 amide bonds. The summed E-state index contributed by atoms with van der Waals surface area (Å²) in [5.41, 5.74) is 4.45. The van der Waals surface area contributed by atoms with E-state index in [1.807, 2.05) is 18.2 Å². The Morgan fingerprint density at radius 2 is 2.15 bits per heavy atom. The number of benzene rings is 1. The van der Waals surface area contributed by atoms with E-state index in [9.17, 15) is 0 Å². The molecule has 20 heavy (non-hydrogen) atoms. The zero-order valence-electron chi connectivity index (χ0n) is 10.9. The van der Waals surface area contributed by atoms with Crippen LogP contribution in [0.3, 0.4) is 0 Å². The van der Waals surface area contributed by atoms with Gasteiger partial charge in [0.05, 0.1) is 5.56 Å². The summed E-state index contributed by atoms with van der Waals surface area (Å²) in [6.07, 6.45) is 8.15. The van der Waals surface area contributed by atoms with E-state index in [2.05, 4.69) is 34.4 Å². The number of hydrogen-bond donors (Lipinski definition) is 1. The van der Waals surface area contributed by atoms with Crippen molar-refractivity contribution in [3.8, 4) is 18.4 Å². The summed E-state index contributed by atoms with van der Waals surface area (Å²) >= 11 is 0. The monoisotopic (exact) mass is 259 g/mol. The van der Waals surface area contributed by atoms with E-state index in [0.717, 1.165) is 18.5 Å². The van der Waals surface area contributed by atoms with Crippen molar-refractivity contribution in [2.45, 2.75) is 12.3 Å². The second-order valence-corrected chi connectivity index (χ2v) is 4.82. The SMILES string of the molecule is C#Cc1c(C2CNc3ccccc3C2)ccnc1C#N. The molecule has 1 aromatic carbocycles. The Bertz CT molecular complexity index is 735. The summed E-state index contributed by atoms with van der Waals surface area (Å²) in [7, 11) is 0. The van der Waals surface area contributed by atoms with Crippen molar-refractivity contribution < 1.29 is 0 Å². The number of nitrogens with zero attached hydrogens (tertiary/aromatic N) is 2. The number of hydrogen-bond acceptors (Lipinski definition) is 3. The molecule has 1 aromatic heterocycles. The fraction of sp³-hybridized carbons (Fsp3) is 0.176. The summed E-state index contributed by atoms with van der Waals surface area (Å²) in [5, 5.41) is 12.5. The largest absolute Gasteiger partial charge is 0.384 e. The lowest BCUT2D eigenvalue weighted by molar-refractivity contribution is 0.692. The van der Waals surface area contributed by atoms with Crippen LogP contribution in [0, 0.1) is 23.7 Å². The first-order valence-electron chi connectivity index (χ1n) is 6.51. The van der Waals surface area contributed by atoms with Gasteiger partial charge in [0.1, 0.15) is 6.07 Å². The summed E-state index contributed by atoms with van der Waals surface area (Å²) in [6, 6.07) is 12.3. The molecule has 3 heteroatoms. The molecule has 1 atom stereocenters. The molecular weight excluding hydrogens is 246 g/mol. The highest BCUT2D eigenvalue weighted by atomic mass is 14.9. The summed E-state index contributed by atoms with van der Waals surface area (Å²) in [6.45, 7) is 0.820. The molecular formula is C17H13N3. The lowest BCUT2D eigenvalue weighted by Gasteiger charge is -2.27. The van der Waals surface area contributed by atoms with Gasteiger partial charge in [-0.25, -0.2) is 4.98 Å². The summed E-state index contributed by atoms with van der Waals surface area (Å²) in [4.78, 5) is 4.04. The number of anilines is 1. The van der Waals surface area contributed by atoms with Crippen molar-refractivity contribution in [2.75, 3.05) is 11.9 Å². The average molecular weight is 259 g/mol. The number of fused-ring (bicyclic) bond motifs is 1. The molecule has 0 aliphatic carbocycles. The van der Waals surface area contributed by atoms with Crippen molar-refractivity contribution in [1.29, 1.82) is 5.26 Å². The van der Waals surface area contributed by atoms with Crippen LogP contribution in [0.2, 0.25) is 0 Å². The normalized spacial score (nSPS) is 16.4. The topological polar surface area (TPSA) is 48.7 Å². The molecule has 0 fully saturated rings. The molecule has 1 unspecified atom stereocenters. The number of aromatic nitrogens is 1. The minimum atomic E-state index is 0.269. The fourth-order valence-corrected chi connectivity index (χ4v) is 2.71. The Morgan fingerprint density at radius 3 is 2.95 bits per heavy atom. The van der Waals surface area contributed by atoms with Crippen LogP contribution >= 0.6 is 0 Å². The van der Waals surface area contributed by atoms with Gasteiger partial charge in [-0.1, -0.05) is 24.1 Å². The molecule has 96 valence electrons. The first-order valence-corrected chi connectivity index (χ1v) is 6.51. The van der Waals surface area contributed by atoms with E-state index in [1.165, 1.54) is 11.3 Å². The van der Waals surface area contributed by atoms with Crippen molar-refractivity contribution >= 4 is 5.69 Å². The van der Waals surface area contributed by atoms with Crippen LogP contribution < -0.4 is 5.32 Å². The second-order valence-electron chi connectivity index (χ2n) is 4.82. The first kappa shape index (κ1) is 12.3. The molecule has 0 radical (unpaired) electrons. The summed E-state index contributed by atoms with van der Waals surface area (Å²) < 4.78 is 0. The molecule has 1 aliphatic rings. The minimum absolute atomic E-state index is 0.269. The lowest BCUT2D eigenvalue weighted by atomic mass is 9.86. The van der Waals surface area contributed by atoms with Crippen LogP contribution in [0.5, 0.6) is 0 Å². The number of nitrogens with one attached hydrogen (secondary N) is 1. The van der Waals surface area contributed by atoms with E-state index in [4.69, 9.17) is 11.7 Å². The highest BCUT2D eigenvalue weighted by Crippen LogP contribution is 2.32. The minimum Gasteiger partial charge on any atom is -0.384 e. The van der Waals surface area contributed by atoms with Gasteiger partial charge in [-0.3, -0.25) is 0 Å². The quantitative estimate of drug-likeness (QED) is 0.801. The molecule has 0 spiro atoms. The molecule has 0 saturated heterocycles. The Morgan fingerprint density at radius 1 is 1.30 bits per heavy atom. The van der Waals surface area contributed by atoms with E-state index < -0.39 is 0 Å². The van der Waals surface area contributed by atoms with Crippen LogP contribution in [-0.4, -0.2) is 11.5 Å². The molecule has 1 N–H and O–H groups in total. The molecule has 3 nitrogen and oxygen atoms in total. The van der Waals surface area contributed by atoms with Gasteiger partial charge < -0.3 is 5.32 Å². The maximum Gasteiger partial charge on any atom is 0.156 e. The third-order valence-corrected chi connectivity index (χ3v) is 3.70. The highest BCUT2D eigenvalue weighted by molar-refractivity contribution is 5.56. The van der Waals surface area contributed by atoms with Gasteiger partial charge in [-0.2, -0.15) is 5.26 Å². The van der Waals surface area contributed by atoms with Gasteiger partial charge in [-0.05, 0) is 29.7 Å². The van der Waals surface area contributed by atoms with Gasteiger partial charge in [0.25, 0.3) is 0 Å². The first-order chi connectivity index (χ1) is 9.83. The van der Waals surface area contributed by atoms with E-state index in [-0.39, 0.29) is 5.92 Å². The third kappa shape index (κ3) is 2.00. The Hall–Kier alpha value is -2.78. The highest BCUT2D eigenvalue weighted by Gasteiger charge is 2.22. The Kier molecular flexibility index (Phi) is 3.11. The molecule has 1 aliphatic heterocycles. The molecule has 3 rings (SSSR count). The number of para-hydroxylation sites is 1. The van der Waals surface area contributed by atoms with Gasteiger partial charge in [0.15, 0.2) is 5.69 Å². The maximum absolute atomic E-state index is 9.11. The van der Waals surface area contributed by atoms with E-state index >= 15 is 0 Å². The van der Waals surface area contributed by atoms with Crippen LogP contribution in [0.4, 0.5) is 5.69 Å². The van der Waals surface area contributed by atoms with Gasteiger partial charge >= 0.3 is 0 Å². The van der Waals surface area contributed by atoms with Gasteiger partial charge in [0, 0.05) is 24.3 Å². The molecule has 0 saturated carbocycles. The van der Waals surface area contributed by atoms with Crippen LogP contribution in [0.15, 0.2) is 36.5 Å². The van der Waals surface area contributed by atoms with E-state index in [0.29, 0.717) is 11.3 Å². The van der Waals surface area contributed by atoms with Gasteiger partial charge in [0.2, 0.25) is 0 Å². The predicted octanol–water partition coefficient (Wildman–Crippen LogP) is 2.69. The maximum atomic E-state index is 9.11. The zero-order valence-corrected chi connectivity index (χ0v) is 10.9. The summed E-state index contributed by atoms with van der Waals surface area (Å²) in [5.74, 6) is 2.89. The second kappa shape index (κ2) is 5.07. The molecule has 0 bridgehead atoms. The van der Waals surface area contributed by atoms with Crippen molar-refractivity contribution in [3.63, 3.8) is 0 Å². The number of terminal acetylenes is 1. The zero-order chi connectivity index (χ0) is 13.9. The Balaban J connectivity index is 2.01. The van der Waals surface area contributed by atoms with Crippen LogP contribution in [0.1, 0.15) is 28.3 Å². The van der Waals surface area contributed by atoms with Crippen LogP contribution in [-0.2, 0) is 6.42 Å². The third-order valence-electron chi connectivity index (χ3n) is 3.70. The van der Waals surface area contributed by atoms with Crippen molar-refractivity contribution in [3.05, 3.63) is 58.9 Å². The molecule has 2 aromatic rings. The number of nitriles is 1. The van der Waals surface area contributed by atoms with Crippen LogP contribution in [0.25, 0.3) is 0 Å². The lowest BCUT2D eigenvalue weighted by Crippen LogP contribution is -2.22. The standard InChI is InChI=1S/C17H13N3/c1-2-14-15(7-8-19-17(14)10-18)13-9-12-5-3-4-6-16(12)20-11-13/h1,3-8,13,20H,9,11H2. The number of rotatable bonds is 1. The van der Waals surface area contributed by atoms with Crippen molar-refractivity contribution in [1.82, 2.24) is 4.98 Å². The van der Waals surface area contributed by atoms with Gasteiger partial charge in [-0.15, -0.1) is 6.42 Å². The Labute approximate surface area is 118 Å². The predicted molar refractivity (Wildman–Crippen MR) is 78.3 cm³/mol. The van der Waals surface area contributed by atoms with E-state index in [1.54, 1.807) is 6.20 Å². The molecule has 2 heterocycles. The average Bonchev–Trinajstić information content (AvgIpc) is 2.53. The fourth-order valence-electron chi connectivity index (χ4n) is 2.71. The van der Waals surface area contributed by atoms with Crippen molar-refractivity contribution in [2.24, 2.45) is 0 Å². The number of pyridine rings is 1. The smallest absolute Gasteiger partial charge is 0.156 e.